The highest BCUT2D eigenvalue weighted by atomic mass is 35.5. The molecule has 3 aromatic heterocycles. The number of ether oxygens (including phenoxy) is 2. The Balaban J connectivity index is 1.08. The number of benzene rings is 2. The summed E-state index contributed by atoms with van der Waals surface area (Å²) in [5.74, 6) is 0.867. The first-order chi connectivity index (χ1) is 26.9. The fourth-order valence-corrected chi connectivity index (χ4v) is 9.26. The van der Waals surface area contributed by atoms with Gasteiger partial charge in [0.15, 0.2) is 0 Å². The van der Waals surface area contributed by atoms with Gasteiger partial charge in [-0.1, -0.05) is 53.5 Å². The normalized spacial score (nSPS) is 19.5. The van der Waals surface area contributed by atoms with Crippen molar-refractivity contribution in [2.75, 3.05) is 52.3 Å². The van der Waals surface area contributed by atoms with Crippen molar-refractivity contribution in [1.29, 1.82) is 0 Å². The topological polar surface area (TPSA) is 136 Å². The van der Waals surface area contributed by atoms with Crippen molar-refractivity contribution in [1.82, 2.24) is 34.2 Å². The van der Waals surface area contributed by atoms with Crippen LogP contribution in [0.5, 0.6) is 5.88 Å². The molecule has 5 aromatic rings. The van der Waals surface area contributed by atoms with Crippen molar-refractivity contribution < 1.29 is 14.3 Å². The number of fused-ring (bicyclic) bond motifs is 2. The molecular formula is C41H44Cl2N8O5. The lowest BCUT2D eigenvalue weighted by Gasteiger charge is -2.40. The van der Waals surface area contributed by atoms with Crippen molar-refractivity contribution in [3.05, 3.63) is 96.2 Å². The second-order valence-electron chi connectivity index (χ2n) is 15.0. The Morgan fingerprint density at radius 1 is 0.946 bits per heavy atom. The second kappa shape index (κ2) is 14.8. The van der Waals surface area contributed by atoms with E-state index in [4.69, 9.17) is 37.7 Å². The molecule has 15 heteroatoms. The van der Waals surface area contributed by atoms with Crippen LogP contribution >= 0.6 is 23.2 Å². The quantitative estimate of drug-likeness (QED) is 0.178. The molecule has 0 radical (unpaired) electrons. The molecule has 2 unspecified atom stereocenters. The maximum Gasteiger partial charge on any atom is 0.330 e. The first-order valence-corrected chi connectivity index (χ1v) is 19.5. The number of anilines is 2. The van der Waals surface area contributed by atoms with Gasteiger partial charge in [-0.25, -0.2) is 19.6 Å². The molecule has 292 valence electrons. The minimum Gasteiger partial charge on any atom is -0.481 e. The summed E-state index contributed by atoms with van der Waals surface area (Å²) in [4.78, 5) is 52.9. The first kappa shape index (κ1) is 37.9. The summed E-state index contributed by atoms with van der Waals surface area (Å²) in [5.41, 5.74) is 5.56. The van der Waals surface area contributed by atoms with Gasteiger partial charge >= 0.3 is 11.7 Å². The smallest absolute Gasteiger partial charge is 0.330 e. The van der Waals surface area contributed by atoms with Gasteiger partial charge in [0.05, 0.1) is 46.2 Å². The van der Waals surface area contributed by atoms with E-state index in [0.29, 0.717) is 68.6 Å². The van der Waals surface area contributed by atoms with Crippen LogP contribution in [0.1, 0.15) is 42.1 Å². The molecule has 0 saturated carbocycles. The molecule has 3 aliphatic rings. The molecule has 2 atom stereocenters. The number of urea groups is 1. The summed E-state index contributed by atoms with van der Waals surface area (Å²) < 4.78 is 13.7. The van der Waals surface area contributed by atoms with Crippen LogP contribution in [0.25, 0.3) is 33.3 Å². The number of hydrogen-bond donors (Lipinski definition) is 2. The van der Waals surface area contributed by atoms with Gasteiger partial charge in [0.25, 0.3) is 5.56 Å². The summed E-state index contributed by atoms with van der Waals surface area (Å²) >= 11 is 14.4. The zero-order valence-corrected chi connectivity index (χ0v) is 33.6. The highest BCUT2D eigenvalue weighted by Gasteiger charge is 2.46. The number of carbonyl (C=O) groups is 1. The summed E-state index contributed by atoms with van der Waals surface area (Å²) in [5, 5.41) is 7.74. The fraction of sp³-hybridized carbons (Fsp3) is 0.390. The number of nitrogens with zero attached hydrogens (tertiary/aromatic N) is 6. The maximum absolute atomic E-state index is 13.3. The van der Waals surface area contributed by atoms with E-state index in [1.54, 1.807) is 40.3 Å². The number of amides is 2. The Morgan fingerprint density at radius 2 is 1.68 bits per heavy atom. The average Bonchev–Trinajstić information content (AvgIpc) is 3.80. The van der Waals surface area contributed by atoms with Gasteiger partial charge < -0.3 is 25.0 Å². The molecule has 1 spiro atoms. The number of likely N-dealkylation sites (tertiary alicyclic amines) is 1. The molecule has 2 amide bonds. The predicted molar refractivity (Wildman–Crippen MR) is 219 cm³/mol. The summed E-state index contributed by atoms with van der Waals surface area (Å²) in [6, 6.07) is 15.3. The molecule has 8 rings (SSSR count). The first-order valence-electron chi connectivity index (χ1n) is 18.7. The average molecular weight is 800 g/mol. The van der Waals surface area contributed by atoms with Crippen molar-refractivity contribution in [2.24, 2.45) is 14.1 Å². The third-order valence-electron chi connectivity index (χ3n) is 11.6. The molecule has 1 aliphatic carbocycles. The molecule has 0 bridgehead atoms. The summed E-state index contributed by atoms with van der Waals surface area (Å²) in [6.45, 7) is 5.29. The van der Waals surface area contributed by atoms with Crippen molar-refractivity contribution in [3.8, 4) is 28.3 Å². The molecule has 13 nitrogen and oxygen atoms in total. The van der Waals surface area contributed by atoms with Crippen LogP contribution in [0.4, 0.5) is 16.3 Å². The van der Waals surface area contributed by atoms with Gasteiger partial charge in [0.1, 0.15) is 11.2 Å². The molecule has 2 saturated heterocycles. The van der Waals surface area contributed by atoms with Gasteiger partial charge in [-0.05, 0) is 56.4 Å². The van der Waals surface area contributed by atoms with Gasteiger partial charge in [-0.15, -0.1) is 0 Å². The molecule has 56 heavy (non-hydrogen) atoms. The zero-order chi connectivity index (χ0) is 39.5. The van der Waals surface area contributed by atoms with E-state index in [1.807, 2.05) is 35.2 Å². The van der Waals surface area contributed by atoms with E-state index >= 15 is 0 Å². The predicted octanol–water partition coefficient (Wildman–Crippen LogP) is 6.22. The van der Waals surface area contributed by atoms with Crippen molar-refractivity contribution in [2.45, 2.75) is 44.2 Å². The van der Waals surface area contributed by atoms with Crippen molar-refractivity contribution in [3.63, 3.8) is 0 Å². The maximum atomic E-state index is 13.3. The highest BCUT2D eigenvalue weighted by Crippen LogP contribution is 2.47. The molecule has 2 N–H and O–H groups in total. The van der Waals surface area contributed by atoms with Gasteiger partial charge in [-0.2, -0.15) is 0 Å². The van der Waals surface area contributed by atoms with E-state index in [1.165, 1.54) is 17.2 Å². The van der Waals surface area contributed by atoms with E-state index < -0.39 is 11.2 Å². The number of methoxy groups -OCH3 is 2. The van der Waals surface area contributed by atoms with E-state index in [2.05, 4.69) is 26.6 Å². The number of nitrogens with one attached hydrogen (secondary N) is 2. The van der Waals surface area contributed by atoms with Gasteiger partial charge in [0.2, 0.25) is 5.88 Å². The number of carbonyl (C=O) groups excluding carboxylic acids is 1. The Labute approximate surface area is 334 Å². The SMILES string of the molecule is COCCN1CCC2(CCN(C3CCc4cc(-c5cccc(-c6cccc(Nc7nc(C)cc8c7c(=O)n(C)c(=O)n8C)c6Cl)c5Cl)nc(OC)c43)C2)NC1=O. The van der Waals surface area contributed by atoms with Gasteiger partial charge in [-0.3, -0.25) is 18.8 Å². The lowest BCUT2D eigenvalue weighted by atomic mass is 9.92. The molecule has 2 fully saturated rings. The van der Waals surface area contributed by atoms with E-state index in [-0.39, 0.29) is 23.0 Å². The lowest BCUT2D eigenvalue weighted by molar-refractivity contribution is 0.114. The Morgan fingerprint density at radius 3 is 2.43 bits per heavy atom. The number of pyridine rings is 2. The van der Waals surface area contributed by atoms with E-state index in [9.17, 15) is 14.4 Å². The molecule has 2 aromatic carbocycles. The van der Waals surface area contributed by atoms with E-state index in [0.717, 1.165) is 61.0 Å². The number of aromatic nitrogens is 4. The van der Waals surface area contributed by atoms with Crippen LogP contribution in [-0.2, 0) is 25.3 Å². The molecular weight excluding hydrogens is 755 g/mol. The zero-order valence-electron chi connectivity index (χ0n) is 32.0. The second-order valence-corrected chi connectivity index (χ2v) is 15.7. The number of rotatable bonds is 9. The Kier molecular flexibility index (Phi) is 10.1. The van der Waals surface area contributed by atoms with Crippen LogP contribution in [0, 0.1) is 6.92 Å². The summed E-state index contributed by atoms with van der Waals surface area (Å²) in [7, 11) is 6.37. The minimum atomic E-state index is -0.461. The monoisotopic (exact) mass is 798 g/mol. The Hall–Kier alpha value is -4.95. The largest absolute Gasteiger partial charge is 0.481 e. The summed E-state index contributed by atoms with van der Waals surface area (Å²) in [6.07, 6.45) is 3.59. The van der Waals surface area contributed by atoms with Crippen LogP contribution in [-0.4, -0.2) is 87.5 Å². The fourth-order valence-electron chi connectivity index (χ4n) is 8.66. The number of halogens is 2. The molecule has 2 aliphatic heterocycles. The third-order valence-corrected chi connectivity index (χ3v) is 12.4. The van der Waals surface area contributed by atoms with Crippen molar-refractivity contribution >= 4 is 51.6 Å². The lowest BCUT2D eigenvalue weighted by Crippen LogP contribution is -2.61. The highest BCUT2D eigenvalue weighted by molar-refractivity contribution is 6.39. The molecule has 5 heterocycles. The van der Waals surface area contributed by atoms with Crippen LogP contribution in [0.15, 0.2) is 58.1 Å². The third kappa shape index (κ3) is 6.49. The number of aryl methyl sites for hydroxylation is 3. The Bertz CT molecular complexity index is 2520. The number of hydrogen-bond acceptors (Lipinski definition) is 9. The standard InChI is InChI=1S/C41H44Cl2N8O5/c1-23-20-31-33(38(52)49(3)40(54)48(31)2)36(44-23)45-28-11-7-9-26(35(28)43)25-8-6-10-27(34(25)42)29-21-24-12-13-30(32(24)37(46-29)56-5)51-17-15-41(22-51)14-16-50(18-19-55-4)39(53)47-41/h6-11,20-21,30H,12-19,22H2,1-5H3,(H,44,45)(H,47,53). The minimum absolute atomic E-state index is 0.0210. The van der Waals surface area contributed by atoms with Crippen LogP contribution < -0.4 is 26.6 Å². The van der Waals surface area contributed by atoms with Crippen LogP contribution in [0.3, 0.4) is 0 Å². The van der Waals surface area contributed by atoms with Crippen LogP contribution in [0.2, 0.25) is 10.0 Å². The van der Waals surface area contributed by atoms with Gasteiger partial charge in [0, 0.05) is 81.4 Å².